The number of Topliss-reactive ketones (excluding diaryl/α,β-unsaturated/α-hetero) is 1. The van der Waals surface area contributed by atoms with Crippen LogP contribution < -0.4 is 4.90 Å². The number of carbonyl (C=O) groups excluding carboxylic acids is 2. The third-order valence-electron chi connectivity index (χ3n) is 3.24. The molecule has 0 spiro atoms. The molecule has 4 nitrogen and oxygen atoms in total. The summed E-state index contributed by atoms with van der Waals surface area (Å²) in [7, 11) is 0. The molecule has 102 valence electrons. The number of hydrogen-bond acceptors (Lipinski definition) is 3. The first kappa shape index (κ1) is 14.2. The first-order valence-electron chi connectivity index (χ1n) is 6.42. The van der Waals surface area contributed by atoms with Gasteiger partial charge in [0.2, 0.25) is 0 Å². The molecule has 2 rings (SSSR count). The second kappa shape index (κ2) is 6.30. The Balaban J connectivity index is 2.05. The Labute approximate surface area is 120 Å². The predicted octanol–water partition coefficient (Wildman–Crippen LogP) is 2.53. The number of halogens is 1. The lowest BCUT2D eigenvalue weighted by molar-refractivity contribution is -0.114. The van der Waals surface area contributed by atoms with Crippen LogP contribution in [0.15, 0.2) is 22.7 Å². The zero-order valence-electron chi connectivity index (χ0n) is 10.6. The standard InChI is InChI=1S/C14H16BrNO3/c15-10-6-5-7-11-12(10)13(18)14(19)16(11)8-3-1-2-4-9-17/h5-7,17H,1-4,8-9H2. The largest absolute Gasteiger partial charge is 0.396 e. The molecule has 1 aromatic rings. The SMILES string of the molecule is O=C1C(=O)N(CCCCCCO)c2cccc(Br)c21. The van der Waals surface area contributed by atoms with Crippen LogP contribution in [0.3, 0.4) is 0 Å². The molecule has 19 heavy (non-hydrogen) atoms. The minimum absolute atomic E-state index is 0.205. The minimum atomic E-state index is -0.441. The summed E-state index contributed by atoms with van der Waals surface area (Å²) in [6, 6.07) is 5.40. The average Bonchev–Trinajstić information content (AvgIpc) is 2.64. The van der Waals surface area contributed by atoms with E-state index in [2.05, 4.69) is 15.9 Å². The van der Waals surface area contributed by atoms with Crippen molar-refractivity contribution in [2.45, 2.75) is 25.7 Å². The summed E-state index contributed by atoms with van der Waals surface area (Å²) in [5.41, 5.74) is 1.18. The van der Waals surface area contributed by atoms with Gasteiger partial charge in [0.15, 0.2) is 0 Å². The van der Waals surface area contributed by atoms with Crippen LogP contribution in [0, 0.1) is 0 Å². The Kier molecular flexibility index (Phi) is 4.71. The Morgan fingerprint density at radius 2 is 1.84 bits per heavy atom. The van der Waals surface area contributed by atoms with Crippen molar-refractivity contribution >= 4 is 33.3 Å². The number of amides is 1. The third kappa shape index (κ3) is 2.87. The lowest BCUT2D eigenvalue weighted by Gasteiger charge is -2.16. The van der Waals surface area contributed by atoms with E-state index in [4.69, 9.17) is 5.11 Å². The molecule has 0 saturated heterocycles. The predicted molar refractivity (Wildman–Crippen MR) is 76.4 cm³/mol. The summed E-state index contributed by atoms with van der Waals surface area (Å²) in [5.74, 6) is -0.873. The molecule has 0 aromatic heterocycles. The van der Waals surface area contributed by atoms with E-state index in [9.17, 15) is 9.59 Å². The van der Waals surface area contributed by atoms with Crippen LogP contribution in [0.2, 0.25) is 0 Å². The van der Waals surface area contributed by atoms with Gasteiger partial charge in [0.1, 0.15) is 0 Å². The fraction of sp³-hybridized carbons (Fsp3) is 0.429. The van der Waals surface area contributed by atoms with E-state index < -0.39 is 11.7 Å². The van der Waals surface area contributed by atoms with Crippen LogP contribution in [0.25, 0.3) is 0 Å². The van der Waals surface area contributed by atoms with Crippen LogP contribution in [-0.2, 0) is 4.79 Å². The maximum absolute atomic E-state index is 11.9. The zero-order valence-corrected chi connectivity index (χ0v) is 12.1. The van der Waals surface area contributed by atoms with Crippen molar-refractivity contribution in [2.24, 2.45) is 0 Å². The summed E-state index contributed by atoms with van der Waals surface area (Å²) in [5, 5.41) is 8.70. The summed E-state index contributed by atoms with van der Waals surface area (Å²) in [6.07, 6.45) is 3.51. The normalized spacial score (nSPS) is 14.1. The van der Waals surface area contributed by atoms with Gasteiger partial charge in [-0.25, -0.2) is 0 Å². The molecule has 1 aliphatic heterocycles. The van der Waals surface area contributed by atoms with E-state index in [1.54, 1.807) is 17.0 Å². The summed E-state index contributed by atoms with van der Waals surface area (Å²) >= 11 is 3.32. The molecule has 0 saturated carbocycles. The van der Waals surface area contributed by atoms with Crippen molar-refractivity contribution in [1.82, 2.24) is 0 Å². The van der Waals surface area contributed by atoms with Crippen LogP contribution in [0.4, 0.5) is 5.69 Å². The third-order valence-corrected chi connectivity index (χ3v) is 3.90. The fourth-order valence-electron chi connectivity index (χ4n) is 2.26. The molecule has 0 bridgehead atoms. The van der Waals surface area contributed by atoms with Crippen molar-refractivity contribution in [2.75, 3.05) is 18.1 Å². The Morgan fingerprint density at radius 1 is 1.11 bits per heavy atom. The van der Waals surface area contributed by atoms with Gasteiger partial charge in [-0.2, -0.15) is 0 Å². The van der Waals surface area contributed by atoms with E-state index in [-0.39, 0.29) is 6.61 Å². The highest BCUT2D eigenvalue weighted by Crippen LogP contribution is 2.34. The molecule has 5 heteroatoms. The first-order chi connectivity index (χ1) is 9.16. The molecule has 0 atom stereocenters. The Bertz CT molecular complexity index is 501. The lowest BCUT2D eigenvalue weighted by atomic mass is 10.1. The van der Waals surface area contributed by atoms with Gasteiger partial charge in [-0.3, -0.25) is 9.59 Å². The minimum Gasteiger partial charge on any atom is -0.396 e. The molecule has 0 fully saturated rings. The molecule has 1 heterocycles. The smallest absolute Gasteiger partial charge is 0.299 e. The Morgan fingerprint density at radius 3 is 2.58 bits per heavy atom. The lowest BCUT2D eigenvalue weighted by Crippen LogP contribution is -2.30. The van der Waals surface area contributed by atoms with Gasteiger partial charge < -0.3 is 10.0 Å². The summed E-state index contributed by atoms with van der Waals surface area (Å²) in [6.45, 7) is 0.760. The van der Waals surface area contributed by atoms with E-state index in [1.807, 2.05) is 6.07 Å². The number of aliphatic hydroxyl groups is 1. The van der Waals surface area contributed by atoms with Crippen LogP contribution >= 0.6 is 15.9 Å². The average molecular weight is 326 g/mol. The summed E-state index contributed by atoms with van der Waals surface area (Å²) in [4.78, 5) is 25.4. The number of ketones is 1. The molecule has 1 aromatic carbocycles. The van der Waals surface area contributed by atoms with Gasteiger partial charge in [0, 0.05) is 17.6 Å². The van der Waals surface area contributed by atoms with Crippen molar-refractivity contribution in [1.29, 1.82) is 0 Å². The monoisotopic (exact) mass is 325 g/mol. The molecule has 1 N–H and O–H groups in total. The van der Waals surface area contributed by atoms with Crippen molar-refractivity contribution in [3.05, 3.63) is 28.2 Å². The van der Waals surface area contributed by atoms with E-state index in [1.165, 1.54) is 0 Å². The van der Waals surface area contributed by atoms with Gasteiger partial charge in [-0.15, -0.1) is 0 Å². The Hall–Kier alpha value is -1.20. The molecule has 0 aliphatic carbocycles. The van der Waals surface area contributed by atoms with Gasteiger partial charge in [0.25, 0.3) is 11.7 Å². The maximum atomic E-state index is 11.9. The number of hydrogen-bond donors (Lipinski definition) is 1. The highest BCUT2D eigenvalue weighted by molar-refractivity contribution is 9.10. The van der Waals surface area contributed by atoms with E-state index in [0.717, 1.165) is 25.7 Å². The quantitative estimate of drug-likeness (QED) is 0.646. The van der Waals surface area contributed by atoms with E-state index in [0.29, 0.717) is 22.3 Å². The number of nitrogens with zero attached hydrogens (tertiary/aromatic N) is 1. The molecular formula is C14H16BrNO3. The maximum Gasteiger partial charge on any atom is 0.299 e. The van der Waals surface area contributed by atoms with Gasteiger partial charge >= 0.3 is 0 Å². The molecular weight excluding hydrogens is 310 g/mol. The van der Waals surface area contributed by atoms with Crippen LogP contribution in [0.5, 0.6) is 0 Å². The second-order valence-corrected chi connectivity index (χ2v) is 5.41. The summed E-state index contributed by atoms with van der Waals surface area (Å²) < 4.78 is 0.672. The van der Waals surface area contributed by atoms with E-state index >= 15 is 0 Å². The molecule has 0 unspecified atom stereocenters. The number of unbranched alkanes of at least 4 members (excludes halogenated alkanes) is 3. The number of fused-ring (bicyclic) bond motifs is 1. The molecule has 0 radical (unpaired) electrons. The highest BCUT2D eigenvalue weighted by Gasteiger charge is 2.36. The van der Waals surface area contributed by atoms with Gasteiger partial charge in [-0.1, -0.05) is 18.9 Å². The second-order valence-electron chi connectivity index (χ2n) is 4.56. The first-order valence-corrected chi connectivity index (χ1v) is 7.21. The van der Waals surface area contributed by atoms with Crippen LogP contribution in [0.1, 0.15) is 36.0 Å². The number of benzene rings is 1. The topological polar surface area (TPSA) is 57.6 Å². The molecule has 1 aliphatic rings. The van der Waals surface area contributed by atoms with Crippen LogP contribution in [-0.4, -0.2) is 29.9 Å². The number of carbonyl (C=O) groups is 2. The fourth-order valence-corrected chi connectivity index (χ4v) is 2.79. The number of aliphatic hydroxyl groups excluding tert-OH is 1. The van der Waals surface area contributed by atoms with Gasteiger partial charge in [-0.05, 0) is 40.9 Å². The molecule has 1 amide bonds. The van der Waals surface area contributed by atoms with Crippen molar-refractivity contribution in [3.8, 4) is 0 Å². The zero-order chi connectivity index (χ0) is 13.8. The van der Waals surface area contributed by atoms with Gasteiger partial charge in [0.05, 0.1) is 11.3 Å². The van der Waals surface area contributed by atoms with Crippen molar-refractivity contribution in [3.63, 3.8) is 0 Å². The highest BCUT2D eigenvalue weighted by atomic mass is 79.9. The number of rotatable bonds is 6. The number of anilines is 1. The van der Waals surface area contributed by atoms with Crippen molar-refractivity contribution < 1.29 is 14.7 Å².